The normalized spacial score (nSPS) is 16.1. The predicted molar refractivity (Wildman–Crippen MR) is 73.9 cm³/mol. The first kappa shape index (κ1) is 17.4. The van der Waals surface area contributed by atoms with E-state index in [-0.39, 0.29) is 11.7 Å². The van der Waals surface area contributed by atoms with E-state index in [9.17, 15) is 8.78 Å². The number of allylic oxidation sites excluding steroid dienone is 2. The quantitative estimate of drug-likeness (QED) is 0.258. The van der Waals surface area contributed by atoms with Crippen LogP contribution < -0.4 is 10.7 Å². The molecule has 1 unspecified atom stereocenters. The molecule has 0 fully saturated rings. The number of nitrogens with one attached hydrogen (secondary N) is 2. The maximum Gasteiger partial charge on any atom is 0.387 e. The second kappa shape index (κ2) is 8.50. The van der Waals surface area contributed by atoms with Gasteiger partial charge in [0.15, 0.2) is 5.84 Å². The van der Waals surface area contributed by atoms with Gasteiger partial charge < -0.3 is 15.5 Å². The van der Waals surface area contributed by atoms with Gasteiger partial charge in [0, 0.05) is 25.6 Å². The maximum absolute atomic E-state index is 12.6. The summed E-state index contributed by atoms with van der Waals surface area (Å²) in [4.78, 5) is 0. The molecule has 2 N–H and O–H groups in total. The molecule has 0 heterocycles. The fourth-order valence-electron chi connectivity index (χ4n) is 1.62. The van der Waals surface area contributed by atoms with Gasteiger partial charge in [-0.1, -0.05) is 18.6 Å². The van der Waals surface area contributed by atoms with Crippen LogP contribution in [-0.4, -0.2) is 26.5 Å². The number of hydrazone groups is 1. The number of nitrogens with zero attached hydrogens (tertiary/aromatic N) is 1. The monoisotopic (exact) mass is 275 g/mol. The fourth-order valence-corrected chi connectivity index (χ4v) is 1.62. The predicted octanol–water partition coefficient (Wildman–Crippen LogP) is 2.85. The number of amidine groups is 1. The molecule has 0 saturated heterocycles. The Morgan fingerprint density at radius 2 is 1.84 bits per heavy atom. The highest BCUT2D eigenvalue weighted by atomic mass is 19.3. The Bertz CT molecular complexity index is 376. The zero-order valence-electron chi connectivity index (χ0n) is 12.3. The Kier molecular flexibility index (Phi) is 7.79. The number of hydrogen-bond donors (Lipinski definition) is 2. The van der Waals surface area contributed by atoms with Gasteiger partial charge in [0.2, 0.25) is 0 Å². The van der Waals surface area contributed by atoms with Crippen molar-refractivity contribution in [1.29, 1.82) is 0 Å². The van der Waals surface area contributed by atoms with E-state index >= 15 is 0 Å². The smallest absolute Gasteiger partial charge is 0.387 e. The van der Waals surface area contributed by atoms with E-state index < -0.39 is 6.61 Å². The van der Waals surface area contributed by atoms with Gasteiger partial charge in [0.1, 0.15) is 5.76 Å². The average Bonchev–Trinajstić information content (AvgIpc) is 2.39. The first-order valence-electron chi connectivity index (χ1n) is 6.09. The molecule has 1 atom stereocenters. The molecule has 0 aromatic carbocycles. The second-order valence-electron chi connectivity index (χ2n) is 4.06. The third-order valence-electron chi connectivity index (χ3n) is 2.93. The van der Waals surface area contributed by atoms with Gasteiger partial charge in [-0.05, 0) is 20.8 Å². The molecule has 0 aromatic heterocycles. The van der Waals surface area contributed by atoms with Crippen molar-refractivity contribution in [1.82, 2.24) is 10.7 Å². The van der Waals surface area contributed by atoms with E-state index in [0.29, 0.717) is 11.4 Å². The summed E-state index contributed by atoms with van der Waals surface area (Å²) in [5.41, 5.74) is 4.12. The number of halogens is 2. The summed E-state index contributed by atoms with van der Waals surface area (Å²) in [6, 6.07) is 0. The van der Waals surface area contributed by atoms with Crippen molar-refractivity contribution in [2.24, 2.45) is 11.0 Å². The summed E-state index contributed by atoms with van der Waals surface area (Å²) in [6.07, 6.45) is 1.88. The van der Waals surface area contributed by atoms with E-state index in [1.165, 1.54) is 0 Å². The Morgan fingerprint density at radius 3 is 2.21 bits per heavy atom. The minimum atomic E-state index is -2.86. The van der Waals surface area contributed by atoms with Crippen molar-refractivity contribution < 1.29 is 13.5 Å². The highest BCUT2D eigenvalue weighted by Crippen LogP contribution is 2.26. The standard InChI is InChI=1S/C13H23F2N3O/c1-7-8(2)9(3)11(19-13(14)15)10(4)12(16-5)18-17-6/h7,9,13,17H,1-6H3,(H,16,18)/b8-7-,11-10-. The molecule has 19 heavy (non-hydrogen) atoms. The van der Waals surface area contributed by atoms with Crippen LogP contribution in [0.15, 0.2) is 28.1 Å². The third kappa shape index (κ3) is 5.28. The van der Waals surface area contributed by atoms with Crippen molar-refractivity contribution in [2.75, 3.05) is 14.1 Å². The molecule has 6 heteroatoms. The SMILES string of the molecule is C/C=C(/C)C(C)/C(OC(F)F)=C(C)/C(=N/NC)NC. The molecule has 0 aliphatic carbocycles. The summed E-state index contributed by atoms with van der Waals surface area (Å²) in [7, 11) is 3.31. The van der Waals surface area contributed by atoms with Gasteiger partial charge in [-0.25, -0.2) is 0 Å². The lowest BCUT2D eigenvalue weighted by Crippen LogP contribution is -2.25. The first-order chi connectivity index (χ1) is 8.88. The maximum atomic E-state index is 12.6. The zero-order valence-corrected chi connectivity index (χ0v) is 12.3. The van der Waals surface area contributed by atoms with Crippen molar-refractivity contribution in [3.05, 3.63) is 23.0 Å². The molecular formula is C13H23F2N3O. The molecular weight excluding hydrogens is 252 g/mol. The first-order valence-corrected chi connectivity index (χ1v) is 6.09. The van der Waals surface area contributed by atoms with Gasteiger partial charge in [-0.2, -0.15) is 13.9 Å². The lowest BCUT2D eigenvalue weighted by Gasteiger charge is -2.21. The molecule has 4 nitrogen and oxygen atoms in total. The summed E-state index contributed by atoms with van der Waals surface area (Å²) in [6.45, 7) is 4.40. The van der Waals surface area contributed by atoms with Crippen molar-refractivity contribution >= 4 is 5.84 Å². The van der Waals surface area contributed by atoms with E-state index in [1.807, 2.05) is 26.8 Å². The van der Waals surface area contributed by atoms with E-state index in [4.69, 9.17) is 0 Å². The van der Waals surface area contributed by atoms with Crippen LogP contribution in [0.4, 0.5) is 8.78 Å². The minimum Gasteiger partial charge on any atom is -0.438 e. The molecule has 0 aromatic rings. The number of alkyl halides is 2. The van der Waals surface area contributed by atoms with Gasteiger partial charge in [-0.3, -0.25) is 0 Å². The van der Waals surface area contributed by atoms with Crippen LogP contribution in [0.25, 0.3) is 0 Å². The van der Waals surface area contributed by atoms with Crippen LogP contribution in [0.2, 0.25) is 0 Å². The van der Waals surface area contributed by atoms with Gasteiger partial charge in [0.05, 0.1) is 0 Å². The highest BCUT2D eigenvalue weighted by Gasteiger charge is 2.21. The summed E-state index contributed by atoms with van der Waals surface area (Å²) >= 11 is 0. The molecule has 110 valence electrons. The largest absolute Gasteiger partial charge is 0.438 e. The minimum absolute atomic E-state index is 0.217. The van der Waals surface area contributed by atoms with Crippen LogP contribution in [0, 0.1) is 5.92 Å². The van der Waals surface area contributed by atoms with E-state index in [0.717, 1.165) is 5.57 Å². The molecule has 0 radical (unpaired) electrons. The van der Waals surface area contributed by atoms with Crippen LogP contribution in [-0.2, 0) is 4.74 Å². The highest BCUT2D eigenvalue weighted by molar-refractivity contribution is 5.97. The Morgan fingerprint density at radius 1 is 1.26 bits per heavy atom. The molecule has 0 amide bonds. The topological polar surface area (TPSA) is 45.6 Å². The van der Waals surface area contributed by atoms with Crippen LogP contribution in [0.1, 0.15) is 27.7 Å². The summed E-state index contributed by atoms with van der Waals surface area (Å²) in [5, 5.41) is 6.85. The average molecular weight is 275 g/mol. The Labute approximate surface area is 113 Å². The van der Waals surface area contributed by atoms with Crippen molar-refractivity contribution in [3.8, 4) is 0 Å². The van der Waals surface area contributed by atoms with Crippen molar-refractivity contribution in [2.45, 2.75) is 34.3 Å². The van der Waals surface area contributed by atoms with Gasteiger partial charge in [-0.15, -0.1) is 0 Å². The van der Waals surface area contributed by atoms with Crippen LogP contribution in [0.3, 0.4) is 0 Å². The van der Waals surface area contributed by atoms with Gasteiger partial charge in [0.25, 0.3) is 0 Å². The van der Waals surface area contributed by atoms with Crippen molar-refractivity contribution in [3.63, 3.8) is 0 Å². The van der Waals surface area contributed by atoms with Gasteiger partial charge >= 0.3 is 6.61 Å². The lowest BCUT2D eigenvalue weighted by atomic mass is 9.97. The fraction of sp³-hybridized carbons (Fsp3) is 0.615. The molecule has 0 bridgehead atoms. The Hall–Kier alpha value is -1.59. The molecule has 0 spiro atoms. The number of ether oxygens (including phenoxy) is 1. The molecule has 0 aliphatic heterocycles. The second-order valence-corrected chi connectivity index (χ2v) is 4.06. The molecule has 0 aliphatic rings. The van der Waals surface area contributed by atoms with E-state index in [1.54, 1.807) is 21.0 Å². The summed E-state index contributed by atoms with van der Waals surface area (Å²) in [5.74, 6) is 0.442. The Balaban J connectivity index is 5.61. The number of rotatable bonds is 6. The number of hydrogen-bond acceptors (Lipinski definition) is 3. The van der Waals surface area contributed by atoms with Crippen LogP contribution >= 0.6 is 0 Å². The lowest BCUT2D eigenvalue weighted by molar-refractivity contribution is -0.102. The molecule has 0 saturated carbocycles. The molecule has 0 rings (SSSR count). The van der Waals surface area contributed by atoms with E-state index in [2.05, 4.69) is 20.6 Å². The number of likely N-dealkylation sites (N-methyl/N-ethyl adjacent to an activating group) is 1. The third-order valence-corrected chi connectivity index (χ3v) is 2.93. The zero-order chi connectivity index (χ0) is 15.0. The summed E-state index contributed by atoms with van der Waals surface area (Å²) < 4.78 is 29.8. The van der Waals surface area contributed by atoms with Crippen LogP contribution in [0.5, 0.6) is 0 Å².